The Bertz CT molecular complexity index is 197. The van der Waals surface area contributed by atoms with Gasteiger partial charge in [0.05, 0.1) is 0 Å². The van der Waals surface area contributed by atoms with Crippen molar-refractivity contribution in [2.45, 2.75) is 39.2 Å². The number of hydrogen-bond acceptors (Lipinski definition) is 1. The van der Waals surface area contributed by atoms with Gasteiger partial charge in [-0.1, -0.05) is 19.1 Å². The van der Waals surface area contributed by atoms with Gasteiger partial charge in [-0.2, -0.15) is 0 Å². The lowest BCUT2D eigenvalue weighted by atomic mass is 9.93. The van der Waals surface area contributed by atoms with Gasteiger partial charge >= 0.3 is 0 Å². The predicted octanol–water partition coefficient (Wildman–Crippen LogP) is 2.59. The van der Waals surface area contributed by atoms with E-state index in [0.29, 0.717) is 6.04 Å². The molecule has 0 unspecified atom stereocenters. The summed E-state index contributed by atoms with van der Waals surface area (Å²) in [7, 11) is 0. The van der Waals surface area contributed by atoms with Gasteiger partial charge in [0.1, 0.15) is 0 Å². The number of fused-ring (bicyclic) bond motifs is 2. The molecule has 13 heavy (non-hydrogen) atoms. The standard InChI is InChI=1S/C12H21N/c1-3-9(2)13-8-12-7-10-4-5-11(12)6-10/h4-5,9-13H,3,6-8H2,1-2H3/t9-,10+,11+,12-/m1/s1. The zero-order valence-corrected chi connectivity index (χ0v) is 8.79. The van der Waals surface area contributed by atoms with Crippen LogP contribution < -0.4 is 5.32 Å². The van der Waals surface area contributed by atoms with Crippen molar-refractivity contribution < 1.29 is 0 Å². The van der Waals surface area contributed by atoms with E-state index in [1.807, 2.05) is 0 Å². The third-order valence-corrected chi connectivity index (χ3v) is 3.76. The highest BCUT2D eigenvalue weighted by molar-refractivity contribution is 5.10. The first-order chi connectivity index (χ1) is 6.29. The topological polar surface area (TPSA) is 12.0 Å². The predicted molar refractivity (Wildman–Crippen MR) is 56.6 cm³/mol. The van der Waals surface area contributed by atoms with Crippen LogP contribution in [-0.4, -0.2) is 12.6 Å². The summed E-state index contributed by atoms with van der Waals surface area (Å²) < 4.78 is 0. The molecule has 0 radical (unpaired) electrons. The monoisotopic (exact) mass is 179 g/mol. The van der Waals surface area contributed by atoms with E-state index < -0.39 is 0 Å². The Hall–Kier alpha value is -0.300. The summed E-state index contributed by atoms with van der Waals surface area (Å²) in [6.45, 7) is 5.77. The first-order valence-corrected chi connectivity index (χ1v) is 5.71. The third kappa shape index (κ3) is 1.96. The lowest BCUT2D eigenvalue weighted by molar-refractivity contribution is 0.386. The Labute approximate surface area is 81.6 Å². The molecule has 0 amide bonds. The molecule has 2 aliphatic carbocycles. The van der Waals surface area contributed by atoms with Crippen molar-refractivity contribution in [2.75, 3.05) is 6.54 Å². The van der Waals surface area contributed by atoms with Crippen LogP contribution >= 0.6 is 0 Å². The third-order valence-electron chi connectivity index (χ3n) is 3.76. The van der Waals surface area contributed by atoms with E-state index in [4.69, 9.17) is 0 Å². The van der Waals surface area contributed by atoms with Crippen molar-refractivity contribution in [2.24, 2.45) is 17.8 Å². The molecule has 74 valence electrons. The van der Waals surface area contributed by atoms with Crippen molar-refractivity contribution in [1.29, 1.82) is 0 Å². The summed E-state index contributed by atoms with van der Waals surface area (Å²) in [5, 5.41) is 3.63. The first kappa shape index (κ1) is 9.26. The highest BCUT2D eigenvalue weighted by Gasteiger charge is 2.35. The van der Waals surface area contributed by atoms with Crippen LogP contribution in [0.2, 0.25) is 0 Å². The minimum absolute atomic E-state index is 0.697. The molecule has 1 fully saturated rings. The Kier molecular flexibility index (Phi) is 2.73. The largest absolute Gasteiger partial charge is 0.314 e. The first-order valence-electron chi connectivity index (χ1n) is 5.71. The van der Waals surface area contributed by atoms with Crippen molar-refractivity contribution in [3.63, 3.8) is 0 Å². The van der Waals surface area contributed by atoms with Gasteiger partial charge in [-0.3, -0.25) is 0 Å². The lowest BCUT2D eigenvalue weighted by Gasteiger charge is -2.21. The van der Waals surface area contributed by atoms with Gasteiger partial charge in [0.25, 0.3) is 0 Å². The number of hydrogen-bond donors (Lipinski definition) is 1. The Morgan fingerprint density at radius 2 is 2.23 bits per heavy atom. The van der Waals surface area contributed by atoms with E-state index >= 15 is 0 Å². The number of rotatable bonds is 4. The molecule has 2 bridgehead atoms. The summed E-state index contributed by atoms with van der Waals surface area (Å²) >= 11 is 0. The molecule has 0 saturated heterocycles. The fourth-order valence-electron chi connectivity index (χ4n) is 2.63. The van der Waals surface area contributed by atoms with Crippen LogP contribution in [0.15, 0.2) is 12.2 Å². The molecular formula is C12H21N. The SMILES string of the molecule is CC[C@@H](C)NC[C@H]1C[C@H]2C=C[C@H]1C2. The maximum Gasteiger partial charge on any atom is 0.00362 e. The van der Waals surface area contributed by atoms with Gasteiger partial charge in [-0.05, 0) is 50.5 Å². The fourth-order valence-corrected chi connectivity index (χ4v) is 2.63. The van der Waals surface area contributed by atoms with Crippen LogP contribution in [0.5, 0.6) is 0 Å². The zero-order chi connectivity index (χ0) is 9.26. The average Bonchev–Trinajstić information content (AvgIpc) is 2.74. The van der Waals surface area contributed by atoms with E-state index in [0.717, 1.165) is 17.8 Å². The number of allylic oxidation sites excluding steroid dienone is 2. The summed E-state index contributed by atoms with van der Waals surface area (Å²) in [5.41, 5.74) is 0. The normalized spacial score (nSPS) is 38.5. The smallest absolute Gasteiger partial charge is 0.00362 e. The average molecular weight is 179 g/mol. The van der Waals surface area contributed by atoms with Crippen LogP contribution in [-0.2, 0) is 0 Å². The summed E-state index contributed by atoms with van der Waals surface area (Å²) in [6, 6.07) is 0.697. The van der Waals surface area contributed by atoms with Gasteiger partial charge in [0, 0.05) is 6.04 Å². The van der Waals surface area contributed by atoms with Crippen molar-refractivity contribution in [3.05, 3.63) is 12.2 Å². The molecule has 2 aliphatic rings. The fraction of sp³-hybridized carbons (Fsp3) is 0.833. The van der Waals surface area contributed by atoms with Crippen molar-refractivity contribution >= 4 is 0 Å². The van der Waals surface area contributed by atoms with Crippen molar-refractivity contribution in [3.8, 4) is 0 Å². The lowest BCUT2D eigenvalue weighted by Crippen LogP contribution is -2.32. The maximum absolute atomic E-state index is 3.63. The molecule has 0 aromatic heterocycles. The van der Waals surface area contributed by atoms with Crippen LogP contribution in [0.1, 0.15) is 33.1 Å². The van der Waals surface area contributed by atoms with E-state index in [1.165, 1.54) is 25.8 Å². The van der Waals surface area contributed by atoms with E-state index in [9.17, 15) is 0 Å². The highest BCUT2D eigenvalue weighted by atomic mass is 14.9. The van der Waals surface area contributed by atoms with Gasteiger partial charge in [-0.25, -0.2) is 0 Å². The van der Waals surface area contributed by atoms with Gasteiger partial charge in [-0.15, -0.1) is 0 Å². The van der Waals surface area contributed by atoms with Crippen molar-refractivity contribution in [1.82, 2.24) is 5.32 Å². The van der Waals surface area contributed by atoms with Crippen LogP contribution in [0, 0.1) is 17.8 Å². The molecule has 2 rings (SSSR count). The second kappa shape index (κ2) is 3.83. The minimum atomic E-state index is 0.697. The molecular weight excluding hydrogens is 158 g/mol. The quantitative estimate of drug-likeness (QED) is 0.654. The Balaban J connectivity index is 1.75. The van der Waals surface area contributed by atoms with Crippen LogP contribution in [0.3, 0.4) is 0 Å². The molecule has 1 heteroatoms. The molecule has 1 N–H and O–H groups in total. The molecule has 4 atom stereocenters. The molecule has 0 heterocycles. The van der Waals surface area contributed by atoms with Gasteiger partial charge in [0.15, 0.2) is 0 Å². The zero-order valence-electron chi connectivity index (χ0n) is 8.79. The second-order valence-corrected chi connectivity index (χ2v) is 4.76. The van der Waals surface area contributed by atoms with Crippen LogP contribution in [0.4, 0.5) is 0 Å². The van der Waals surface area contributed by atoms with Crippen LogP contribution in [0.25, 0.3) is 0 Å². The molecule has 0 aromatic rings. The maximum atomic E-state index is 3.63. The molecule has 1 saturated carbocycles. The van der Waals surface area contributed by atoms with Gasteiger partial charge < -0.3 is 5.32 Å². The molecule has 1 nitrogen and oxygen atoms in total. The Morgan fingerprint density at radius 1 is 1.38 bits per heavy atom. The molecule has 0 spiro atoms. The minimum Gasteiger partial charge on any atom is -0.314 e. The molecule has 0 aromatic carbocycles. The van der Waals surface area contributed by atoms with E-state index in [1.54, 1.807) is 0 Å². The van der Waals surface area contributed by atoms with E-state index in [-0.39, 0.29) is 0 Å². The van der Waals surface area contributed by atoms with Gasteiger partial charge in [0.2, 0.25) is 0 Å². The van der Waals surface area contributed by atoms with E-state index in [2.05, 4.69) is 31.3 Å². The molecule has 0 aliphatic heterocycles. The highest BCUT2D eigenvalue weighted by Crippen LogP contribution is 2.42. The summed E-state index contributed by atoms with van der Waals surface area (Å²) in [5.74, 6) is 2.76. The Morgan fingerprint density at radius 3 is 2.77 bits per heavy atom. The summed E-state index contributed by atoms with van der Waals surface area (Å²) in [6.07, 6.45) is 8.98. The number of nitrogens with one attached hydrogen (secondary N) is 1. The second-order valence-electron chi connectivity index (χ2n) is 4.76. The summed E-state index contributed by atoms with van der Waals surface area (Å²) in [4.78, 5) is 0.